The number of carbonyl (C=O) groups is 1. The van der Waals surface area contributed by atoms with Gasteiger partial charge in [-0.25, -0.2) is 0 Å². The van der Waals surface area contributed by atoms with E-state index in [2.05, 4.69) is 4.90 Å². The first kappa shape index (κ1) is 14.8. The Kier molecular flexibility index (Phi) is 5.64. The molecule has 0 spiro atoms. The third-order valence-electron chi connectivity index (χ3n) is 4.46. The van der Waals surface area contributed by atoms with E-state index in [1.54, 1.807) is 6.92 Å². The van der Waals surface area contributed by atoms with Gasteiger partial charge >= 0.3 is 0 Å². The van der Waals surface area contributed by atoms with Crippen LogP contribution in [0.25, 0.3) is 0 Å². The van der Waals surface area contributed by atoms with Gasteiger partial charge in [0, 0.05) is 26.1 Å². The van der Waals surface area contributed by atoms with Gasteiger partial charge in [-0.1, -0.05) is 0 Å². The predicted molar refractivity (Wildman–Crippen MR) is 75.9 cm³/mol. The van der Waals surface area contributed by atoms with E-state index in [4.69, 9.17) is 0 Å². The molecule has 2 saturated heterocycles. The molecule has 2 heterocycles. The van der Waals surface area contributed by atoms with E-state index >= 15 is 0 Å². The van der Waals surface area contributed by atoms with Crippen molar-refractivity contribution in [2.24, 2.45) is 5.92 Å². The van der Waals surface area contributed by atoms with E-state index < -0.39 is 0 Å². The van der Waals surface area contributed by atoms with Crippen molar-refractivity contribution in [3.05, 3.63) is 0 Å². The molecule has 1 atom stereocenters. The highest BCUT2D eigenvalue weighted by atomic mass is 16.3. The van der Waals surface area contributed by atoms with E-state index in [0.29, 0.717) is 12.8 Å². The number of aliphatic hydroxyl groups is 1. The van der Waals surface area contributed by atoms with Gasteiger partial charge < -0.3 is 14.9 Å². The molecule has 2 aliphatic rings. The van der Waals surface area contributed by atoms with Gasteiger partial charge in [0.25, 0.3) is 0 Å². The largest absolute Gasteiger partial charge is 0.393 e. The third-order valence-corrected chi connectivity index (χ3v) is 4.46. The molecule has 0 aromatic carbocycles. The molecule has 2 rings (SSSR count). The summed E-state index contributed by atoms with van der Waals surface area (Å²) in [7, 11) is 0. The first-order valence-corrected chi connectivity index (χ1v) is 7.83. The Morgan fingerprint density at radius 3 is 2.42 bits per heavy atom. The van der Waals surface area contributed by atoms with Crippen molar-refractivity contribution >= 4 is 5.91 Å². The summed E-state index contributed by atoms with van der Waals surface area (Å²) in [5.41, 5.74) is 0. The van der Waals surface area contributed by atoms with Crippen LogP contribution >= 0.6 is 0 Å². The lowest BCUT2D eigenvalue weighted by molar-refractivity contribution is -0.133. The molecule has 4 heteroatoms. The smallest absolute Gasteiger partial charge is 0.222 e. The molecule has 1 amide bonds. The number of amides is 1. The molecule has 4 nitrogen and oxygen atoms in total. The minimum Gasteiger partial charge on any atom is -0.393 e. The summed E-state index contributed by atoms with van der Waals surface area (Å²) in [4.78, 5) is 16.5. The number of hydrogen-bond acceptors (Lipinski definition) is 3. The summed E-state index contributed by atoms with van der Waals surface area (Å²) in [5.74, 6) is 0.999. The van der Waals surface area contributed by atoms with Gasteiger partial charge in [0.05, 0.1) is 6.10 Å². The molecule has 19 heavy (non-hydrogen) atoms. The van der Waals surface area contributed by atoms with Gasteiger partial charge in [-0.3, -0.25) is 4.79 Å². The van der Waals surface area contributed by atoms with Crippen LogP contribution in [0, 0.1) is 5.92 Å². The molecule has 0 radical (unpaired) electrons. The molecule has 0 aromatic heterocycles. The van der Waals surface area contributed by atoms with Gasteiger partial charge in [0.2, 0.25) is 5.91 Å². The van der Waals surface area contributed by atoms with E-state index in [1.165, 1.54) is 32.5 Å². The van der Waals surface area contributed by atoms with Crippen LogP contribution in [-0.2, 0) is 4.79 Å². The highest BCUT2D eigenvalue weighted by Crippen LogP contribution is 2.21. The number of carbonyl (C=O) groups excluding carboxylic acids is 1. The summed E-state index contributed by atoms with van der Waals surface area (Å²) in [6.07, 6.45) is 5.74. The summed E-state index contributed by atoms with van der Waals surface area (Å²) >= 11 is 0. The number of aliphatic hydroxyl groups excluding tert-OH is 1. The van der Waals surface area contributed by atoms with E-state index in [-0.39, 0.29) is 12.0 Å². The minimum absolute atomic E-state index is 0.223. The number of piperidine rings is 1. The van der Waals surface area contributed by atoms with E-state index in [9.17, 15) is 9.90 Å². The average Bonchev–Trinajstić information content (AvgIpc) is 2.89. The second kappa shape index (κ2) is 7.25. The van der Waals surface area contributed by atoms with Crippen LogP contribution in [0.2, 0.25) is 0 Å². The molecule has 110 valence electrons. The van der Waals surface area contributed by atoms with Crippen molar-refractivity contribution in [1.82, 2.24) is 9.80 Å². The van der Waals surface area contributed by atoms with Crippen molar-refractivity contribution in [2.45, 2.75) is 51.6 Å². The normalized spacial score (nSPS) is 23.8. The highest BCUT2D eigenvalue weighted by Gasteiger charge is 2.25. The summed E-state index contributed by atoms with van der Waals surface area (Å²) < 4.78 is 0. The fraction of sp³-hybridized carbons (Fsp3) is 0.933. The quantitative estimate of drug-likeness (QED) is 0.821. The Hall–Kier alpha value is -0.610. The standard InChI is InChI=1S/C15H28N2O2/c1-13(18)4-5-15(19)17-10-6-14(7-11-17)12-16-8-2-3-9-16/h13-14,18H,2-12H2,1H3. The molecule has 0 bridgehead atoms. The number of rotatable bonds is 5. The van der Waals surface area contributed by atoms with Crippen LogP contribution in [-0.4, -0.2) is 59.6 Å². The molecule has 0 aliphatic carbocycles. The monoisotopic (exact) mass is 268 g/mol. The second-order valence-electron chi connectivity index (χ2n) is 6.22. The Bertz CT molecular complexity index is 280. The average molecular weight is 268 g/mol. The lowest BCUT2D eigenvalue weighted by Crippen LogP contribution is -2.41. The van der Waals surface area contributed by atoms with Gasteiger partial charge in [-0.05, 0) is 58.0 Å². The molecule has 2 fully saturated rings. The fourth-order valence-corrected chi connectivity index (χ4v) is 3.19. The molecular weight excluding hydrogens is 240 g/mol. The molecule has 2 aliphatic heterocycles. The summed E-state index contributed by atoms with van der Waals surface area (Å²) in [6, 6.07) is 0. The lowest BCUT2D eigenvalue weighted by atomic mass is 9.96. The molecule has 1 unspecified atom stereocenters. The lowest BCUT2D eigenvalue weighted by Gasteiger charge is -2.34. The Labute approximate surface area is 116 Å². The van der Waals surface area contributed by atoms with Crippen LogP contribution < -0.4 is 0 Å². The number of hydrogen-bond donors (Lipinski definition) is 1. The predicted octanol–water partition coefficient (Wildman–Crippen LogP) is 1.48. The molecule has 0 saturated carbocycles. The SMILES string of the molecule is CC(O)CCC(=O)N1CCC(CN2CCCC2)CC1. The first-order chi connectivity index (χ1) is 9.15. The van der Waals surface area contributed by atoms with Crippen LogP contribution in [0.1, 0.15) is 45.4 Å². The van der Waals surface area contributed by atoms with E-state index in [0.717, 1.165) is 31.8 Å². The fourth-order valence-electron chi connectivity index (χ4n) is 3.19. The third kappa shape index (κ3) is 4.77. The highest BCUT2D eigenvalue weighted by molar-refractivity contribution is 5.76. The Morgan fingerprint density at radius 1 is 1.21 bits per heavy atom. The zero-order valence-corrected chi connectivity index (χ0v) is 12.2. The Morgan fingerprint density at radius 2 is 1.84 bits per heavy atom. The number of nitrogens with zero attached hydrogens (tertiary/aromatic N) is 2. The maximum Gasteiger partial charge on any atom is 0.222 e. The minimum atomic E-state index is -0.364. The van der Waals surface area contributed by atoms with Crippen LogP contribution in [0.15, 0.2) is 0 Å². The van der Waals surface area contributed by atoms with Crippen molar-refractivity contribution in [3.63, 3.8) is 0 Å². The number of likely N-dealkylation sites (tertiary alicyclic amines) is 2. The van der Waals surface area contributed by atoms with Gasteiger partial charge in [-0.15, -0.1) is 0 Å². The van der Waals surface area contributed by atoms with Crippen molar-refractivity contribution in [3.8, 4) is 0 Å². The molecular formula is C15H28N2O2. The van der Waals surface area contributed by atoms with Crippen molar-refractivity contribution in [1.29, 1.82) is 0 Å². The Balaban J connectivity index is 1.65. The molecule has 1 N–H and O–H groups in total. The van der Waals surface area contributed by atoms with Crippen molar-refractivity contribution in [2.75, 3.05) is 32.7 Å². The zero-order valence-electron chi connectivity index (χ0n) is 12.2. The maximum atomic E-state index is 12.0. The topological polar surface area (TPSA) is 43.8 Å². The van der Waals surface area contributed by atoms with Crippen LogP contribution in [0.3, 0.4) is 0 Å². The first-order valence-electron chi connectivity index (χ1n) is 7.83. The second-order valence-corrected chi connectivity index (χ2v) is 6.22. The zero-order chi connectivity index (χ0) is 13.7. The van der Waals surface area contributed by atoms with Gasteiger partial charge in [0.1, 0.15) is 0 Å². The van der Waals surface area contributed by atoms with E-state index in [1.807, 2.05) is 4.90 Å². The van der Waals surface area contributed by atoms with Crippen molar-refractivity contribution < 1.29 is 9.90 Å². The van der Waals surface area contributed by atoms with Crippen LogP contribution in [0.5, 0.6) is 0 Å². The van der Waals surface area contributed by atoms with Crippen LogP contribution in [0.4, 0.5) is 0 Å². The van der Waals surface area contributed by atoms with Gasteiger partial charge in [-0.2, -0.15) is 0 Å². The summed E-state index contributed by atoms with van der Waals surface area (Å²) in [6.45, 7) is 7.35. The summed E-state index contributed by atoms with van der Waals surface area (Å²) in [5, 5.41) is 9.22. The van der Waals surface area contributed by atoms with Gasteiger partial charge in [0.15, 0.2) is 0 Å². The maximum absolute atomic E-state index is 12.0. The molecule has 0 aromatic rings.